The van der Waals surface area contributed by atoms with Crippen LogP contribution in [0.1, 0.15) is 16.7 Å². The van der Waals surface area contributed by atoms with Crippen molar-refractivity contribution in [3.05, 3.63) is 53.1 Å². The highest BCUT2D eigenvalue weighted by molar-refractivity contribution is 7.49. The Balaban J connectivity index is 2.64. The molecule has 0 fully saturated rings. The fourth-order valence-electron chi connectivity index (χ4n) is 2.35. The molecule has 21 heavy (non-hydrogen) atoms. The normalized spacial score (nSPS) is 11.4. The Kier molecular flexibility index (Phi) is 5.00. The van der Waals surface area contributed by atoms with E-state index in [0.717, 1.165) is 16.4 Å². The molecule has 0 spiro atoms. The van der Waals surface area contributed by atoms with E-state index in [1.165, 1.54) is 0 Å². The molecule has 0 amide bonds. The van der Waals surface area contributed by atoms with E-state index in [4.69, 9.17) is 9.47 Å². The average Bonchev–Trinajstić information content (AvgIpc) is 2.47. The van der Waals surface area contributed by atoms with Gasteiger partial charge >= 0.3 is 0 Å². The Morgan fingerprint density at radius 2 is 1.48 bits per heavy atom. The third-order valence-corrected chi connectivity index (χ3v) is 4.20. The number of hydrogen-bond donors (Lipinski definition) is 0. The van der Waals surface area contributed by atoms with Crippen LogP contribution in [0.2, 0.25) is 0 Å². The van der Waals surface area contributed by atoms with E-state index < -0.39 is 0 Å². The molecule has 0 aliphatic rings. The summed E-state index contributed by atoms with van der Waals surface area (Å²) in [6, 6.07) is 11.6. The van der Waals surface area contributed by atoms with Crippen molar-refractivity contribution in [3.63, 3.8) is 0 Å². The minimum absolute atomic E-state index is 0.0262. The second-order valence-electron chi connectivity index (χ2n) is 4.70. The lowest BCUT2D eigenvalue weighted by Crippen LogP contribution is -2.20. The first-order valence-electron chi connectivity index (χ1n) is 6.61. The van der Waals surface area contributed by atoms with Crippen LogP contribution in [0.25, 0.3) is 0 Å². The molecule has 0 aliphatic heterocycles. The van der Waals surface area contributed by atoms with Crippen molar-refractivity contribution >= 4 is 19.0 Å². The summed E-state index contributed by atoms with van der Waals surface area (Å²) in [6.45, 7) is 3.86. The van der Waals surface area contributed by atoms with Gasteiger partial charge in [-0.05, 0) is 31.0 Å². The zero-order chi connectivity index (χ0) is 15.4. The van der Waals surface area contributed by atoms with Gasteiger partial charge in [0.2, 0.25) is 0 Å². The van der Waals surface area contributed by atoms with Crippen LogP contribution in [0.5, 0.6) is 11.5 Å². The summed E-state index contributed by atoms with van der Waals surface area (Å²) in [5.41, 5.74) is 2.36. The third kappa shape index (κ3) is 3.26. The molecule has 0 saturated carbocycles. The molecule has 0 atom stereocenters. The molecular formula is C17H18O3P-. The van der Waals surface area contributed by atoms with Gasteiger partial charge in [-0.3, -0.25) is 0 Å². The number of methoxy groups -OCH3 is 2. The summed E-state index contributed by atoms with van der Waals surface area (Å²) in [7, 11) is 3.76. The van der Waals surface area contributed by atoms with Gasteiger partial charge in [-0.15, -0.1) is 0 Å². The lowest BCUT2D eigenvalue weighted by atomic mass is 10.0. The highest BCUT2D eigenvalue weighted by Crippen LogP contribution is 2.35. The first kappa shape index (κ1) is 15.6. The minimum Gasteiger partial charge on any atom is -0.823 e. The van der Waals surface area contributed by atoms with Crippen molar-refractivity contribution in [2.45, 2.75) is 13.8 Å². The van der Waals surface area contributed by atoms with Gasteiger partial charge in [0.05, 0.1) is 19.8 Å². The second kappa shape index (κ2) is 6.75. The van der Waals surface area contributed by atoms with Crippen molar-refractivity contribution in [2.24, 2.45) is 0 Å². The molecule has 0 bridgehead atoms. The molecule has 2 rings (SSSR count). The quantitative estimate of drug-likeness (QED) is 0.815. The maximum absolute atomic E-state index is 12.7. The van der Waals surface area contributed by atoms with Crippen LogP contribution >= 0.6 is 8.20 Å². The van der Waals surface area contributed by atoms with E-state index >= 15 is 0 Å². The van der Waals surface area contributed by atoms with E-state index in [2.05, 4.69) is 0 Å². The molecule has 110 valence electrons. The molecule has 4 heteroatoms. The molecule has 0 saturated heterocycles. The summed E-state index contributed by atoms with van der Waals surface area (Å²) in [4.78, 5) is 0. The summed E-state index contributed by atoms with van der Waals surface area (Å²) in [6.07, 6.45) is 0. The van der Waals surface area contributed by atoms with E-state index in [1.54, 1.807) is 14.2 Å². The van der Waals surface area contributed by atoms with Gasteiger partial charge in [0, 0.05) is 5.30 Å². The molecule has 0 radical (unpaired) electrons. The van der Waals surface area contributed by atoms with Gasteiger partial charge in [0.1, 0.15) is 11.5 Å². The molecule has 0 heterocycles. The van der Waals surface area contributed by atoms with Gasteiger partial charge in [-0.1, -0.05) is 44.0 Å². The Morgan fingerprint density at radius 1 is 0.952 bits per heavy atom. The largest absolute Gasteiger partial charge is 0.823 e. The topological polar surface area (TPSA) is 41.5 Å². The SMILES string of the molecule is COc1c(C)cc(C)c(OC)c1C([O-])=Pc1ccccc1. The van der Waals surface area contributed by atoms with Crippen LogP contribution in [0.4, 0.5) is 0 Å². The Hall–Kier alpha value is -1.83. The van der Waals surface area contributed by atoms with E-state index in [9.17, 15) is 5.11 Å². The van der Waals surface area contributed by atoms with Crippen LogP contribution in [0.3, 0.4) is 0 Å². The van der Waals surface area contributed by atoms with Crippen molar-refractivity contribution in [1.29, 1.82) is 0 Å². The molecule has 0 unspecified atom stereocenters. The molecule has 0 aliphatic carbocycles. The minimum atomic E-state index is -0.0262. The van der Waals surface area contributed by atoms with Crippen molar-refractivity contribution in [2.75, 3.05) is 14.2 Å². The predicted molar refractivity (Wildman–Crippen MR) is 86.1 cm³/mol. The zero-order valence-corrected chi connectivity index (χ0v) is 13.5. The lowest BCUT2D eigenvalue weighted by Gasteiger charge is -2.22. The maximum Gasteiger partial charge on any atom is 0.132 e. The van der Waals surface area contributed by atoms with Crippen LogP contribution in [-0.2, 0) is 0 Å². The van der Waals surface area contributed by atoms with Gasteiger partial charge in [0.25, 0.3) is 0 Å². The first-order chi connectivity index (χ1) is 10.1. The second-order valence-corrected chi connectivity index (χ2v) is 5.85. The van der Waals surface area contributed by atoms with Crippen LogP contribution in [0, 0.1) is 13.8 Å². The summed E-state index contributed by atoms with van der Waals surface area (Å²) in [5, 5.41) is 13.7. The van der Waals surface area contributed by atoms with Crippen LogP contribution in [-0.4, -0.2) is 19.7 Å². The van der Waals surface area contributed by atoms with E-state index in [1.807, 2.05) is 50.2 Å². The lowest BCUT2D eigenvalue weighted by molar-refractivity contribution is -0.207. The summed E-state index contributed by atoms with van der Waals surface area (Å²) in [5.74, 6) is 1.18. The maximum atomic E-state index is 12.7. The number of ether oxygens (including phenoxy) is 2. The zero-order valence-electron chi connectivity index (χ0n) is 12.6. The Bertz CT molecular complexity index is 635. The van der Waals surface area contributed by atoms with Gasteiger partial charge in [-0.25, -0.2) is 0 Å². The summed E-state index contributed by atoms with van der Waals surface area (Å²) >= 11 is 0. The molecule has 0 N–H and O–H groups in total. The average molecular weight is 301 g/mol. The smallest absolute Gasteiger partial charge is 0.132 e. The number of benzene rings is 2. The number of hydrogen-bond acceptors (Lipinski definition) is 3. The molecule has 2 aromatic carbocycles. The van der Waals surface area contributed by atoms with Crippen molar-refractivity contribution < 1.29 is 14.6 Å². The molecule has 0 aromatic heterocycles. The summed E-state index contributed by atoms with van der Waals surface area (Å²) < 4.78 is 10.9. The van der Waals surface area contributed by atoms with Crippen LogP contribution in [0.15, 0.2) is 36.4 Å². The van der Waals surface area contributed by atoms with Gasteiger partial charge < -0.3 is 14.6 Å². The van der Waals surface area contributed by atoms with Crippen LogP contribution < -0.4 is 19.9 Å². The number of rotatable bonds is 4. The monoisotopic (exact) mass is 301 g/mol. The van der Waals surface area contributed by atoms with E-state index in [-0.39, 0.29) is 5.48 Å². The molecule has 2 aromatic rings. The fourth-order valence-corrected chi connectivity index (χ4v) is 3.22. The highest BCUT2D eigenvalue weighted by atomic mass is 31.1. The fraction of sp³-hybridized carbons (Fsp3) is 0.235. The Labute approximate surface area is 127 Å². The molecular weight excluding hydrogens is 283 g/mol. The molecule has 3 nitrogen and oxygen atoms in total. The standard InChI is InChI=1S/C17H19O3P/c1-11-10-12(2)16(20-4)14(15(11)19-3)17(18)21-13-8-6-5-7-9-13/h5-10,18H,1-4H3/p-1. The van der Waals surface area contributed by atoms with Crippen molar-refractivity contribution in [3.8, 4) is 11.5 Å². The van der Waals surface area contributed by atoms with E-state index in [0.29, 0.717) is 25.3 Å². The number of aryl methyl sites for hydroxylation is 2. The van der Waals surface area contributed by atoms with Crippen molar-refractivity contribution in [1.82, 2.24) is 0 Å². The predicted octanol–water partition coefficient (Wildman–Crippen LogP) is 2.43. The Morgan fingerprint density at radius 3 is 1.95 bits per heavy atom. The van der Waals surface area contributed by atoms with Gasteiger partial charge in [0.15, 0.2) is 0 Å². The highest BCUT2D eigenvalue weighted by Gasteiger charge is 2.15. The first-order valence-corrected chi connectivity index (χ1v) is 7.51. The third-order valence-electron chi connectivity index (χ3n) is 3.21. The van der Waals surface area contributed by atoms with Gasteiger partial charge in [-0.2, -0.15) is 0 Å².